The number of amides is 1. The van der Waals surface area contributed by atoms with Crippen LogP contribution < -0.4 is 9.46 Å². The molecule has 0 unspecified atom stereocenters. The van der Waals surface area contributed by atoms with Gasteiger partial charge in [-0.2, -0.15) is 4.31 Å². The van der Waals surface area contributed by atoms with E-state index in [1.54, 1.807) is 37.4 Å². The van der Waals surface area contributed by atoms with E-state index in [2.05, 4.69) is 28.0 Å². The van der Waals surface area contributed by atoms with Crippen LogP contribution in [0.15, 0.2) is 36.4 Å². The predicted octanol–water partition coefficient (Wildman–Crippen LogP) is 5.50. The zero-order valence-electron chi connectivity index (χ0n) is 29.0. The van der Waals surface area contributed by atoms with Crippen LogP contribution in [0, 0.1) is 6.92 Å². The highest BCUT2D eigenvalue weighted by atomic mass is 32.2. The van der Waals surface area contributed by atoms with Crippen LogP contribution in [-0.4, -0.2) is 86.8 Å². The summed E-state index contributed by atoms with van der Waals surface area (Å²) in [5.74, 6) is 0.253. The van der Waals surface area contributed by atoms with Crippen molar-refractivity contribution in [2.45, 2.75) is 96.0 Å². The molecule has 1 aliphatic heterocycles. The summed E-state index contributed by atoms with van der Waals surface area (Å²) in [6.45, 7) is 10.7. The third kappa shape index (κ3) is 6.97. The van der Waals surface area contributed by atoms with E-state index in [0.717, 1.165) is 65.5 Å². The quantitative estimate of drug-likeness (QED) is 0.316. The van der Waals surface area contributed by atoms with Gasteiger partial charge in [-0.25, -0.2) is 21.6 Å². The lowest BCUT2D eigenvalue weighted by Gasteiger charge is -2.44. The summed E-state index contributed by atoms with van der Waals surface area (Å²) in [7, 11) is -3.92. The maximum absolute atomic E-state index is 14.5. The molecule has 258 valence electrons. The number of aryl methyl sites for hydroxylation is 1. The number of carbonyl (C=O) groups excluding carboxylic acids is 1. The average molecular weight is 687 g/mol. The second-order valence-electron chi connectivity index (χ2n) is 14.2. The minimum atomic E-state index is -3.80. The first-order valence-electron chi connectivity index (χ1n) is 16.5. The van der Waals surface area contributed by atoms with Crippen molar-refractivity contribution in [3.63, 3.8) is 0 Å². The first-order valence-corrected chi connectivity index (χ1v) is 19.8. The monoisotopic (exact) mass is 686 g/mol. The van der Waals surface area contributed by atoms with E-state index in [-0.39, 0.29) is 30.1 Å². The van der Waals surface area contributed by atoms with Crippen molar-refractivity contribution in [2.24, 2.45) is 0 Å². The van der Waals surface area contributed by atoms with Crippen LogP contribution >= 0.6 is 0 Å². The van der Waals surface area contributed by atoms with Gasteiger partial charge in [0.2, 0.25) is 20.0 Å². The lowest BCUT2D eigenvalue weighted by Crippen LogP contribution is -2.59. The fourth-order valence-electron chi connectivity index (χ4n) is 7.40. The Bertz CT molecular complexity index is 1860. The van der Waals surface area contributed by atoms with Gasteiger partial charge in [0, 0.05) is 53.7 Å². The minimum absolute atomic E-state index is 0.0723. The van der Waals surface area contributed by atoms with Gasteiger partial charge in [-0.1, -0.05) is 25.3 Å². The van der Waals surface area contributed by atoms with Crippen molar-refractivity contribution in [1.82, 2.24) is 18.5 Å². The summed E-state index contributed by atoms with van der Waals surface area (Å²) in [4.78, 5) is 15.3. The molecule has 1 aromatic heterocycles. The van der Waals surface area contributed by atoms with Crippen molar-refractivity contribution >= 4 is 36.9 Å². The highest BCUT2D eigenvalue weighted by Gasteiger charge is 2.44. The second kappa shape index (κ2) is 13.2. The number of ether oxygens (including phenoxy) is 1. The molecule has 2 aliphatic rings. The summed E-state index contributed by atoms with van der Waals surface area (Å²) in [5.41, 5.74) is 4.95. The van der Waals surface area contributed by atoms with Crippen LogP contribution in [0.1, 0.15) is 87.2 Å². The fourth-order valence-corrected chi connectivity index (χ4v) is 9.67. The van der Waals surface area contributed by atoms with Crippen molar-refractivity contribution in [3.8, 4) is 17.0 Å². The van der Waals surface area contributed by atoms with Gasteiger partial charge < -0.3 is 9.30 Å². The molecule has 3 aromatic rings. The molecule has 12 heteroatoms. The fraction of sp³-hybridized carbons (Fsp3) is 0.571. The number of aromatic nitrogens is 1. The minimum Gasteiger partial charge on any atom is -0.497 e. The Morgan fingerprint density at radius 3 is 2.19 bits per heavy atom. The number of piperazine rings is 1. The first kappa shape index (κ1) is 35.4. The van der Waals surface area contributed by atoms with Crippen LogP contribution in [0.3, 0.4) is 0 Å². The molecule has 1 aliphatic carbocycles. The van der Waals surface area contributed by atoms with E-state index in [9.17, 15) is 21.6 Å². The third-order valence-electron chi connectivity index (χ3n) is 10.2. The molecular formula is C35H50N4O6S2. The molecule has 1 saturated heterocycles. The van der Waals surface area contributed by atoms with Crippen molar-refractivity contribution in [2.75, 3.05) is 33.5 Å². The summed E-state index contributed by atoms with van der Waals surface area (Å²) in [5, 5.41) is 0.952. The van der Waals surface area contributed by atoms with Gasteiger partial charge in [0.05, 0.1) is 23.8 Å². The molecule has 0 radical (unpaired) electrons. The number of hydrogen-bond acceptors (Lipinski definition) is 7. The van der Waals surface area contributed by atoms with Gasteiger partial charge in [0.1, 0.15) is 5.75 Å². The number of fused-ring (bicyclic) bond motifs is 1. The van der Waals surface area contributed by atoms with Crippen molar-refractivity contribution in [3.05, 3.63) is 53.1 Å². The van der Waals surface area contributed by atoms with E-state index < -0.39 is 30.7 Å². The van der Waals surface area contributed by atoms with Crippen molar-refractivity contribution < 1.29 is 26.4 Å². The van der Waals surface area contributed by atoms with Gasteiger partial charge in [0.15, 0.2) is 0 Å². The number of rotatable bonds is 9. The SMILES string of the molecule is COc1ccc(-c2c(C3CCCCC3)c3ccc(C(=O)NS(C)(=O)=O)cc3n2CC(C)(C)S(=O)(=O)N2C[C@@H](C)N(C)[C@@H](C)C2)c(C)c1. The second-order valence-corrected chi connectivity index (χ2v) is 18.6. The van der Waals surface area contributed by atoms with E-state index in [1.807, 2.05) is 38.2 Å². The number of nitrogens with one attached hydrogen (secondary N) is 1. The summed E-state index contributed by atoms with van der Waals surface area (Å²) >= 11 is 0. The van der Waals surface area contributed by atoms with Gasteiger partial charge in [-0.15, -0.1) is 0 Å². The number of benzene rings is 2. The Kier molecular flexibility index (Phi) is 9.92. The summed E-state index contributed by atoms with van der Waals surface area (Å²) < 4.78 is 63.1. The topological polar surface area (TPSA) is 118 Å². The Balaban J connectivity index is 1.76. The molecule has 5 rings (SSSR count). The zero-order valence-corrected chi connectivity index (χ0v) is 30.6. The molecule has 1 amide bonds. The van der Waals surface area contributed by atoms with E-state index in [0.29, 0.717) is 18.6 Å². The first-order chi connectivity index (χ1) is 21.9. The lowest BCUT2D eigenvalue weighted by atomic mass is 9.81. The Labute approximate surface area is 280 Å². The summed E-state index contributed by atoms with van der Waals surface area (Å²) in [6, 6.07) is 11.4. The van der Waals surface area contributed by atoms with Gasteiger partial charge >= 0.3 is 0 Å². The number of nitrogens with zero attached hydrogens (tertiary/aromatic N) is 3. The number of hydrogen-bond donors (Lipinski definition) is 1. The standard InChI is InChI=1S/C35H50N4O6S2/c1-23-18-28(45-7)15-17-29(23)33-32(26-12-10-9-11-13-26)30-16-14-27(34(40)36-46(8,41)42)19-31(30)39(33)22-35(4,5)47(43,44)38-20-24(2)37(6)25(3)21-38/h14-19,24-26H,9-13,20-22H2,1-8H3,(H,36,40)/t24-,25+. The highest BCUT2D eigenvalue weighted by molar-refractivity contribution is 7.90. The molecule has 0 spiro atoms. The van der Waals surface area contributed by atoms with Crippen LogP contribution in [0.2, 0.25) is 0 Å². The molecule has 2 heterocycles. The molecule has 47 heavy (non-hydrogen) atoms. The van der Waals surface area contributed by atoms with Crippen LogP contribution in [0.25, 0.3) is 22.2 Å². The number of likely N-dealkylation sites (N-methyl/N-ethyl adjacent to an activating group) is 1. The lowest BCUT2D eigenvalue weighted by molar-refractivity contribution is 0.0981. The number of methoxy groups -OCH3 is 1. The molecule has 2 fully saturated rings. The Morgan fingerprint density at radius 1 is 0.979 bits per heavy atom. The average Bonchev–Trinajstić information content (AvgIpc) is 3.31. The molecule has 1 N–H and O–H groups in total. The van der Waals surface area contributed by atoms with E-state index in [4.69, 9.17) is 4.74 Å². The molecule has 1 saturated carbocycles. The normalized spacial score (nSPS) is 20.9. The van der Waals surface area contributed by atoms with Gasteiger partial charge in [-0.05, 0) is 102 Å². The molecule has 0 bridgehead atoms. The third-order valence-corrected chi connectivity index (χ3v) is 13.3. The van der Waals surface area contributed by atoms with E-state index in [1.165, 1.54) is 6.42 Å². The predicted molar refractivity (Wildman–Crippen MR) is 188 cm³/mol. The molecule has 2 aromatic carbocycles. The smallest absolute Gasteiger partial charge is 0.264 e. The van der Waals surface area contributed by atoms with E-state index >= 15 is 0 Å². The highest BCUT2D eigenvalue weighted by Crippen LogP contribution is 2.46. The Morgan fingerprint density at radius 2 is 1.62 bits per heavy atom. The van der Waals surface area contributed by atoms with Gasteiger partial charge in [-0.3, -0.25) is 9.69 Å². The Hall–Kier alpha value is -2.93. The van der Waals surface area contributed by atoms with Crippen LogP contribution in [0.4, 0.5) is 0 Å². The maximum atomic E-state index is 14.5. The molecule has 10 nitrogen and oxygen atoms in total. The van der Waals surface area contributed by atoms with Crippen LogP contribution in [0.5, 0.6) is 5.75 Å². The maximum Gasteiger partial charge on any atom is 0.264 e. The van der Waals surface area contributed by atoms with Crippen LogP contribution in [-0.2, 0) is 26.6 Å². The largest absolute Gasteiger partial charge is 0.497 e. The molecular weight excluding hydrogens is 637 g/mol. The summed E-state index contributed by atoms with van der Waals surface area (Å²) in [6.07, 6.45) is 6.35. The number of carbonyl (C=O) groups is 1. The zero-order chi connectivity index (χ0) is 34.5. The molecule has 2 atom stereocenters. The number of sulfonamides is 2. The van der Waals surface area contributed by atoms with Crippen molar-refractivity contribution in [1.29, 1.82) is 0 Å². The van der Waals surface area contributed by atoms with Gasteiger partial charge in [0.25, 0.3) is 5.91 Å².